The van der Waals surface area contributed by atoms with Crippen molar-refractivity contribution in [2.75, 3.05) is 0 Å². The van der Waals surface area contributed by atoms with Crippen LogP contribution < -0.4 is 0 Å². The lowest BCUT2D eigenvalue weighted by atomic mass is 9.99. The monoisotopic (exact) mass is 727 g/mol. The number of hydrogen-bond donors (Lipinski definition) is 0. The Morgan fingerprint density at radius 1 is 0.351 bits per heavy atom. The van der Waals surface area contributed by atoms with Crippen LogP contribution in [0.2, 0.25) is 0 Å². The number of pyridine rings is 1. The second-order valence-electron chi connectivity index (χ2n) is 14.7. The maximum atomic E-state index is 6.96. The highest BCUT2D eigenvalue weighted by Gasteiger charge is 2.27. The molecule has 0 saturated heterocycles. The maximum Gasteiger partial charge on any atom is 0.147 e. The molecule has 0 aliphatic heterocycles. The molecule has 12 aromatic rings. The maximum absolute atomic E-state index is 6.96. The van der Waals surface area contributed by atoms with E-state index in [0.717, 1.165) is 94.4 Å². The number of benzene rings is 8. The molecule has 12 rings (SSSR count). The highest BCUT2D eigenvalue weighted by atomic mass is 16.3. The molecule has 0 radical (unpaired) electrons. The zero-order valence-electron chi connectivity index (χ0n) is 30.8. The number of furan rings is 1. The summed E-state index contributed by atoms with van der Waals surface area (Å²) in [6.07, 6.45) is 0. The molecule has 0 atom stereocenters. The van der Waals surface area contributed by atoms with E-state index in [-0.39, 0.29) is 0 Å². The second kappa shape index (κ2) is 12.4. The van der Waals surface area contributed by atoms with Crippen molar-refractivity contribution in [2.45, 2.75) is 0 Å². The van der Waals surface area contributed by atoms with Gasteiger partial charge in [-0.05, 0) is 65.7 Å². The van der Waals surface area contributed by atoms with Crippen molar-refractivity contribution in [3.63, 3.8) is 0 Å². The van der Waals surface area contributed by atoms with Gasteiger partial charge in [0.15, 0.2) is 0 Å². The van der Waals surface area contributed by atoms with Gasteiger partial charge in [-0.1, -0.05) is 146 Å². The summed E-state index contributed by atoms with van der Waals surface area (Å²) < 4.78 is 11.8. The number of para-hydroxylation sites is 4. The summed E-state index contributed by atoms with van der Waals surface area (Å²) in [6.45, 7) is 0. The van der Waals surface area contributed by atoms with Crippen LogP contribution in [0.5, 0.6) is 0 Å². The molecule has 57 heavy (non-hydrogen) atoms. The molecule has 0 aliphatic rings. The summed E-state index contributed by atoms with van der Waals surface area (Å²) in [6, 6.07) is 71.0. The number of rotatable bonds is 5. The third-order valence-corrected chi connectivity index (χ3v) is 11.5. The first-order chi connectivity index (χ1) is 28.3. The molecule has 0 unspecified atom stereocenters. The van der Waals surface area contributed by atoms with Crippen molar-refractivity contribution in [1.29, 1.82) is 0 Å². The van der Waals surface area contributed by atoms with Gasteiger partial charge in [-0.2, -0.15) is 0 Å². The number of nitrogens with zero attached hydrogens (tertiary/aromatic N) is 3. The zero-order chi connectivity index (χ0) is 37.5. The van der Waals surface area contributed by atoms with Crippen LogP contribution in [-0.4, -0.2) is 14.1 Å². The van der Waals surface area contributed by atoms with E-state index in [2.05, 4.69) is 197 Å². The average molecular weight is 728 g/mol. The third kappa shape index (κ3) is 4.77. The molecule has 0 N–H and O–H groups in total. The van der Waals surface area contributed by atoms with Gasteiger partial charge >= 0.3 is 0 Å². The van der Waals surface area contributed by atoms with Crippen LogP contribution in [0.15, 0.2) is 205 Å². The molecule has 4 heteroatoms. The molecule has 0 saturated carbocycles. The van der Waals surface area contributed by atoms with Crippen LogP contribution >= 0.6 is 0 Å². The van der Waals surface area contributed by atoms with Crippen LogP contribution in [0.25, 0.3) is 111 Å². The minimum atomic E-state index is 0.881. The Morgan fingerprint density at radius 3 is 1.40 bits per heavy atom. The average Bonchev–Trinajstić information content (AvgIpc) is 3.95. The lowest BCUT2D eigenvalue weighted by Gasteiger charge is -2.13. The van der Waals surface area contributed by atoms with Crippen LogP contribution in [0.1, 0.15) is 0 Å². The predicted octanol–water partition coefficient (Wildman–Crippen LogP) is 14.2. The van der Waals surface area contributed by atoms with Gasteiger partial charge in [-0.15, -0.1) is 0 Å². The summed E-state index contributed by atoms with van der Waals surface area (Å²) >= 11 is 0. The molecular formula is C53H33N3O. The van der Waals surface area contributed by atoms with Crippen LogP contribution in [0.3, 0.4) is 0 Å². The van der Waals surface area contributed by atoms with E-state index in [1.807, 2.05) is 12.1 Å². The van der Waals surface area contributed by atoms with Crippen LogP contribution in [-0.2, 0) is 0 Å². The lowest BCUT2D eigenvalue weighted by Crippen LogP contribution is -1.96. The van der Waals surface area contributed by atoms with Gasteiger partial charge in [-0.3, -0.25) is 0 Å². The molecular weight excluding hydrogens is 695 g/mol. The van der Waals surface area contributed by atoms with E-state index in [4.69, 9.17) is 9.40 Å². The fraction of sp³-hybridized carbons (Fsp3) is 0. The van der Waals surface area contributed by atoms with E-state index >= 15 is 0 Å². The van der Waals surface area contributed by atoms with Gasteiger partial charge in [0.25, 0.3) is 0 Å². The van der Waals surface area contributed by atoms with Crippen molar-refractivity contribution in [1.82, 2.24) is 14.1 Å². The van der Waals surface area contributed by atoms with E-state index in [1.54, 1.807) is 0 Å². The minimum absolute atomic E-state index is 0.881. The molecule has 0 spiro atoms. The molecule has 0 fully saturated rings. The van der Waals surface area contributed by atoms with E-state index in [0.29, 0.717) is 0 Å². The van der Waals surface area contributed by atoms with Gasteiger partial charge in [0.2, 0.25) is 0 Å². The van der Waals surface area contributed by atoms with Gasteiger partial charge in [-0.25, -0.2) is 4.98 Å². The second-order valence-corrected chi connectivity index (χ2v) is 14.7. The standard InChI is InChI=1S/C53H33N3O/c1-4-16-35(17-5-1)43-32-37(33-44(54-43)36-18-6-2-7-19-36)34-28-30-39(31-29-34)56-45-25-13-10-22-40(45)48-51-49(53-50(52(48)56)42-24-12-15-27-47(42)57-53)41-23-11-14-26-46(41)55(51)38-20-8-3-9-21-38/h1-33H. The van der Waals surface area contributed by atoms with E-state index in [1.165, 1.54) is 16.2 Å². The van der Waals surface area contributed by atoms with Gasteiger partial charge in [0.05, 0.1) is 44.2 Å². The van der Waals surface area contributed by atoms with Gasteiger partial charge in [0.1, 0.15) is 11.2 Å². The summed E-state index contributed by atoms with van der Waals surface area (Å²) in [7, 11) is 0. The number of fused-ring (bicyclic) bond motifs is 12. The molecule has 0 amide bonds. The molecule has 0 bridgehead atoms. The Labute approximate surface area is 328 Å². The summed E-state index contributed by atoms with van der Waals surface area (Å²) in [5.41, 5.74) is 14.9. The van der Waals surface area contributed by atoms with E-state index in [9.17, 15) is 0 Å². The quantitative estimate of drug-likeness (QED) is 0.177. The third-order valence-electron chi connectivity index (χ3n) is 11.5. The van der Waals surface area contributed by atoms with Crippen molar-refractivity contribution in [3.05, 3.63) is 200 Å². The molecule has 4 aromatic heterocycles. The van der Waals surface area contributed by atoms with Gasteiger partial charge < -0.3 is 13.6 Å². The Morgan fingerprint density at radius 2 is 0.807 bits per heavy atom. The topological polar surface area (TPSA) is 35.9 Å². The Hall–Kier alpha value is -7.69. The highest BCUT2D eigenvalue weighted by Crippen LogP contribution is 2.49. The highest BCUT2D eigenvalue weighted by molar-refractivity contribution is 6.39. The predicted molar refractivity (Wildman–Crippen MR) is 237 cm³/mol. The fourth-order valence-electron chi connectivity index (χ4n) is 9.01. The molecule has 4 nitrogen and oxygen atoms in total. The minimum Gasteiger partial charge on any atom is -0.455 e. The SMILES string of the molecule is c1ccc(-c2cc(-c3ccc(-n4c5ccccc5c5c6c(c7ccccc7n6-c6ccccc6)c6oc7ccccc7c6c54)cc3)cc(-c3ccccc3)n2)cc1. The Kier molecular flexibility index (Phi) is 6.89. The molecule has 266 valence electrons. The van der Waals surface area contributed by atoms with Crippen molar-refractivity contribution in [2.24, 2.45) is 0 Å². The Balaban J connectivity index is 1.16. The normalized spacial score (nSPS) is 11.9. The fourth-order valence-corrected chi connectivity index (χ4v) is 9.01. The first kappa shape index (κ1) is 31.6. The van der Waals surface area contributed by atoms with Crippen molar-refractivity contribution >= 4 is 65.6 Å². The zero-order valence-corrected chi connectivity index (χ0v) is 30.8. The lowest BCUT2D eigenvalue weighted by molar-refractivity contribution is 0.673. The van der Waals surface area contributed by atoms with Crippen LogP contribution in [0, 0.1) is 0 Å². The first-order valence-corrected chi connectivity index (χ1v) is 19.4. The Bertz CT molecular complexity index is 3430. The summed E-state index contributed by atoms with van der Waals surface area (Å²) in [5, 5.41) is 6.94. The molecule has 4 heterocycles. The smallest absolute Gasteiger partial charge is 0.147 e. The van der Waals surface area contributed by atoms with Gasteiger partial charge in [0, 0.05) is 44.0 Å². The van der Waals surface area contributed by atoms with E-state index < -0.39 is 0 Å². The summed E-state index contributed by atoms with van der Waals surface area (Å²) in [5.74, 6) is 0. The first-order valence-electron chi connectivity index (χ1n) is 19.4. The molecule has 8 aromatic carbocycles. The number of hydrogen-bond acceptors (Lipinski definition) is 2. The largest absolute Gasteiger partial charge is 0.455 e. The van der Waals surface area contributed by atoms with Crippen molar-refractivity contribution < 1.29 is 4.42 Å². The number of aromatic nitrogens is 3. The van der Waals surface area contributed by atoms with Crippen molar-refractivity contribution in [3.8, 4) is 45.0 Å². The van der Waals surface area contributed by atoms with Crippen LogP contribution in [0.4, 0.5) is 0 Å². The molecule has 0 aliphatic carbocycles. The summed E-state index contributed by atoms with van der Waals surface area (Å²) in [4.78, 5) is 5.13.